The predicted molar refractivity (Wildman–Crippen MR) is 179 cm³/mol. The van der Waals surface area contributed by atoms with Gasteiger partial charge in [0, 0.05) is 29.9 Å². The van der Waals surface area contributed by atoms with Crippen LogP contribution in [0.25, 0.3) is 0 Å². The summed E-state index contributed by atoms with van der Waals surface area (Å²) in [7, 11) is -3.38. The number of allylic oxidation sites excluding steroid dienone is 3. The number of carbonyl (C=O) groups excluding carboxylic acids is 1. The second-order valence-corrected chi connectivity index (χ2v) is 14.1. The fourth-order valence-corrected chi connectivity index (χ4v) is 7.18. The number of hydrazone groups is 1. The molecule has 0 aromatic heterocycles. The van der Waals surface area contributed by atoms with Crippen molar-refractivity contribution in [3.63, 3.8) is 0 Å². The summed E-state index contributed by atoms with van der Waals surface area (Å²) in [5, 5.41) is 5.96. The number of nitrogens with one attached hydrogen (secondary N) is 1. The zero-order valence-corrected chi connectivity index (χ0v) is 27.3. The van der Waals surface area contributed by atoms with Gasteiger partial charge in [0.1, 0.15) is 0 Å². The van der Waals surface area contributed by atoms with Crippen LogP contribution in [0.3, 0.4) is 0 Å². The van der Waals surface area contributed by atoms with Crippen LogP contribution in [0.1, 0.15) is 85.1 Å². The average molecular weight is 605 g/mol. The zero-order chi connectivity index (χ0) is 31.0. The monoisotopic (exact) mass is 604 g/mol. The molecule has 2 aliphatic heterocycles. The maximum absolute atomic E-state index is 13.3. The van der Waals surface area contributed by atoms with Crippen molar-refractivity contribution >= 4 is 33.0 Å². The lowest BCUT2D eigenvalue weighted by atomic mass is 9.83. The van der Waals surface area contributed by atoms with Crippen molar-refractivity contribution in [1.29, 1.82) is 0 Å². The second kappa shape index (κ2) is 14.5. The lowest BCUT2D eigenvalue weighted by molar-refractivity contribution is -0.114. The first kappa shape index (κ1) is 32.7. The molecule has 7 nitrogen and oxygen atoms in total. The van der Waals surface area contributed by atoms with Crippen LogP contribution in [-0.4, -0.2) is 38.9 Å². The molecular weight excluding hydrogens is 556 g/mol. The van der Waals surface area contributed by atoms with E-state index in [1.165, 1.54) is 29.8 Å². The molecule has 4 rings (SSSR count). The highest BCUT2D eigenvalue weighted by Crippen LogP contribution is 2.47. The number of unbranched alkanes of at least 4 members (excludes halogenated alkanes) is 3. The summed E-state index contributed by atoms with van der Waals surface area (Å²) in [6.07, 6.45) is 11.2. The number of fused-ring (bicyclic) bond motifs is 1. The first-order chi connectivity index (χ1) is 20.6. The van der Waals surface area contributed by atoms with E-state index in [1.807, 2.05) is 61.5 Å². The van der Waals surface area contributed by atoms with Crippen LogP contribution >= 0.6 is 0 Å². The van der Waals surface area contributed by atoms with E-state index in [0.29, 0.717) is 36.7 Å². The van der Waals surface area contributed by atoms with Crippen molar-refractivity contribution in [3.05, 3.63) is 83.6 Å². The molecule has 0 radical (unpaired) electrons. The lowest BCUT2D eigenvalue weighted by Gasteiger charge is -2.27. The minimum atomic E-state index is -3.38. The molecule has 232 valence electrons. The molecule has 2 aliphatic rings. The molecule has 0 spiro atoms. The minimum absolute atomic E-state index is 0.0724. The average Bonchev–Trinajstić information content (AvgIpc) is 3.40. The Bertz CT molecular complexity index is 1460. The summed E-state index contributed by atoms with van der Waals surface area (Å²) >= 11 is 0. The van der Waals surface area contributed by atoms with Gasteiger partial charge < -0.3 is 4.90 Å². The molecule has 1 N–H and O–H groups in total. The van der Waals surface area contributed by atoms with Crippen LogP contribution in [0.2, 0.25) is 0 Å². The predicted octanol–water partition coefficient (Wildman–Crippen LogP) is 7.32. The number of benzene rings is 2. The Hall–Kier alpha value is -3.23. The van der Waals surface area contributed by atoms with Gasteiger partial charge in [0.15, 0.2) is 0 Å². The smallest absolute Gasteiger partial charge is 0.280 e. The van der Waals surface area contributed by atoms with Gasteiger partial charge in [0.05, 0.1) is 22.7 Å². The molecule has 0 saturated carbocycles. The van der Waals surface area contributed by atoms with Gasteiger partial charge in [-0.05, 0) is 61.6 Å². The molecule has 1 unspecified atom stereocenters. The normalized spacial score (nSPS) is 18.9. The fraction of sp³-hybridized carbons (Fsp3) is 0.486. The van der Waals surface area contributed by atoms with Crippen molar-refractivity contribution in [1.82, 2.24) is 4.72 Å². The number of sulfonamides is 1. The Labute approximate surface area is 258 Å². The Balaban J connectivity index is 1.47. The lowest BCUT2D eigenvalue weighted by Crippen LogP contribution is -2.33. The van der Waals surface area contributed by atoms with E-state index in [-0.39, 0.29) is 17.1 Å². The summed E-state index contributed by atoms with van der Waals surface area (Å²) in [4.78, 5) is 15.5. The molecule has 2 heterocycles. The number of rotatable bonds is 15. The SMILES string of the molecule is CCCCCCC(CC)CNS(=O)(=O)CCCN1/C(=C/C=C2/C(=O)N(c3ccccc3)N=C2C)C(C)(C)c2ccccc21. The number of hydrogen-bond donors (Lipinski definition) is 1. The van der Waals surface area contributed by atoms with Gasteiger partial charge in [-0.3, -0.25) is 4.79 Å². The summed E-state index contributed by atoms with van der Waals surface area (Å²) in [6.45, 7) is 11.6. The van der Waals surface area contributed by atoms with Crippen molar-refractivity contribution in [2.75, 3.05) is 28.8 Å². The van der Waals surface area contributed by atoms with Crippen LogP contribution in [0, 0.1) is 5.92 Å². The molecule has 8 heteroatoms. The van der Waals surface area contributed by atoms with Gasteiger partial charge in [0.25, 0.3) is 5.91 Å². The van der Waals surface area contributed by atoms with Crippen molar-refractivity contribution in [2.45, 2.75) is 85.0 Å². The summed E-state index contributed by atoms with van der Waals surface area (Å²) in [5.41, 5.74) is 4.92. The summed E-state index contributed by atoms with van der Waals surface area (Å²) in [5.74, 6) is 0.292. The molecular formula is C35H48N4O3S. The van der Waals surface area contributed by atoms with E-state index in [1.54, 1.807) is 0 Å². The molecule has 0 bridgehead atoms. The minimum Gasteiger partial charge on any atom is -0.344 e. The van der Waals surface area contributed by atoms with Crippen LogP contribution in [0.15, 0.2) is 83.1 Å². The number of para-hydroxylation sites is 2. The van der Waals surface area contributed by atoms with E-state index in [4.69, 9.17) is 0 Å². The molecule has 0 aliphatic carbocycles. The quantitative estimate of drug-likeness (QED) is 0.171. The molecule has 43 heavy (non-hydrogen) atoms. The number of amides is 1. The largest absolute Gasteiger partial charge is 0.344 e. The molecule has 2 aromatic carbocycles. The van der Waals surface area contributed by atoms with Gasteiger partial charge in [-0.1, -0.05) is 96.2 Å². The molecule has 0 saturated heterocycles. The number of anilines is 2. The second-order valence-electron chi connectivity index (χ2n) is 12.2. The van der Waals surface area contributed by atoms with E-state index in [9.17, 15) is 13.2 Å². The third-order valence-corrected chi connectivity index (χ3v) is 10.1. The molecule has 1 atom stereocenters. The van der Waals surface area contributed by atoms with E-state index < -0.39 is 10.0 Å². The standard InChI is InChI=1S/C35H48N4O3S/c1-6-8-9-11-17-28(7-2)26-36-43(41,42)25-16-24-38-32-21-15-14-20-31(32)35(4,5)33(38)23-22-30-27(3)37-39(34(30)40)29-18-12-10-13-19-29/h10,12-15,18-23,28,36H,6-9,11,16-17,24-26H2,1-5H3/b30-22+,33-23+. The van der Waals surface area contributed by atoms with Crippen LogP contribution in [-0.2, 0) is 20.2 Å². The Morgan fingerprint density at radius 2 is 1.67 bits per heavy atom. The first-order valence-corrected chi connectivity index (χ1v) is 17.5. The third kappa shape index (κ3) is 7.84. The topological polar surface area (TPSA) is 82.1 Å². The number of carbonyl (C=O) groups is 1. The van der Waals surface area contributed by atoms with Gasteiger partial charge in [-0.15, -0.1) is 0 Å². The summed E-state index contributed by atoms with van der Waals surface area (Å²) < 4.78 is 28.8. The van der Waals surface area contributed by atoms with Crippen LogP contribution in [0.4, 0.5) is 11.4 Å². The van der Waals surface area contributed by atoms with E-state index >= 15 is 0 Å². The van der Waals surface area contributed by atoms with Crippen LogP contribution in [0.5, 0.6) is 0 Å². The van der Waals surface area contributed by atoms with Gasteiger partial charge in [-0.25, -0.2) is 13.1 Å². The molecule has 0 fully saturated rings. The fourth-order valence-electron chi connectivity index (χ4n) is 6.04. The maximum Gasteiger partial charge on any atom is 0.280 e. The van der Waals surface area contributed by atoms with E-state index in [2.05, 4.69) is 54.6 Å². The highest BCUT2D eigenvalue weighted by Gasteiger charge is 2.39. The highest BCUT2D eigenvalue weighted by atomic mass is 32.2. The van der Waals surface area contributed by atoms with E-state index in [0.717, 1.165) is 36.3 Å². The Morgan fingerprint density at radius 1 is 0.953 bits per heavy atom. The summed E-state index contributed by atoms with van der Waals surface area (Å²) in [6, 6.07) is 17.7. The third-order valence-electron chi connectivity index (χ3n) is 8.70. The molecule has 2 aromatic rings. The zero-order valence-electron chi connectivity index (χ0n) is 26.5. The molecule has 1 amide bonds. The number of nitrogens with zero attached hydrogens (tertiary/aromatic N) is 3. The Kier molecular flexibility index (Phi) is 11.0. The number of hydrogen-bond acceptors (Lipinski definition) is 5. The van der Waals surface area contributed by atoms with Gasteiger partial charge >= 0.3 is 0 Å². The van der Waals surface area contributed by atoms with Crippen LogP contribution < -0.4 is 14.6 Å². The van der Waals surface area contributed by atoms with Gasteiger partial charge in [0.2, 0.25) is 10.0 Å². The van der Waals surface area contributed by atoms with Gasteiger partial charge in [-0.2, -0.15) is 10.1 Å². The van der Waals surface area contributed by atoms with Crippen molar-refractivity contribution in [2.24, 2.45) is 11.0 Å². The first-order valence-electron chi connectivity index (χ1n) is 15.8. The maximum atomic E-state index is 13.3. The van der Waals surface area contributed by atoms with Crippen molar-refractivity contribution in [3.8, 4) is 0 Å². The Morgan fingerprint density at radius 3 is 2.40 bits per heavy atom. The van der Waals surface area contributed by atoms with Crippen molar-refractivity contribution < 1.29 is 13.2 Å². The highest BCUT2D eigenvalue weighted by molar-refractivity contribution is 7.89.